The third-order valence-electron chi connectivity index (χ3n) is 9.50. The Morgan fingerprint density at radius 1 is 0.944 bits per heavy atom. The van der Waals surface area contributed by atoms with Gasteiger partial charge in [0.25, 0.3) is 0 Å². The minimum atomic E-state index is -4.33. The summed E-state index contributed by atoms with van der Waals surface area (Å²) in [6.45, 7) is 5.59. The lowest BCUT2D eigenvalue weighted by molar-refractivity contribution is 0.272. The third kappa shape index (κ3) is 8.56. The van der Waals surface area contributed by atoms with Gasteiger partial charge in [0.15, 0.2) is 9.84 Å². The normalized spacial score (nSPS) is 15.4. The molecule has 0 unspecified atom stereocenters. The molecule has 1 N–H and O–H groups in total. The average molecular weight is 795 g/mol. The zero-order valence-electron chi connectivity index (χ0n) is 30.1. The average Bonchev–Trinajstić information content (AvgIpc) is 3.88. The highest BCUT2D eigenvalue weighted by Gasteiger charge is 2.30. The van der Waals surface area contributed by atoms with Crippen molar-refractivity contribution in [3.8, 4) is 27.6 Å². The maximum Gasteiger partial charge on any atom is 0.227 e. The summed E-state index contributed by atoms with van der Waals surface area (Å²) in [5.41, 5.74) is 5.03. The van der Waals surface area contributed by atoms with Crippen molar-refractivity contribution in [2.45, 2.75) is 36.3 Å². The van der Waals surface area contributed by atoms with Gasteiger partial charge in [-0.2, -0.15) is 0 Å². The predicted octanol–water partition coefficient (Wildman–Crippen LogP) is 6.62. The van der Waals surface area contributed by atoms with Gasteiger partial charge in [-0.25, -0.2) is 40.6 Å². The Kier molecular flexibility index (Phi) is 10.7. The van der Waals surface area contributed by atoms with Crippen molar-refractivity contribution >= 4 is 48.3 Å². The number of rotatable bonds is 13. The van der Waals surface area contributed by atoms with Crippen LogP contribution in [0.4, 0.5) is 26.1 Å². The molecule has 5 aromatic rings. The summed E-state index contributed by atoms with van der Waals surface area (Å²) in [4.78, 5) is 18.7. The van der Waals surface area contributed by atoms with E-state index in [2.05, 4.69) is 20.1 Å². The highest BCUT2D eigenvalue weighted by Crippen LogP contribution is 2.47. The Labute approximate surface area is 317 Å². The minimum Gasteiger partial charge on any atom is -0.494 e. The van der Waals surface area contributed by atoms with Crippen LogP contribution in [0.15, 0.2) is 71.8 Å². The SMILES string of the molecule is COc1cc(N2CCN(CCS(C)(=O)=O)CC2)c(C)cc1Nc1nccc(-c2sc(C3CC3)nc2-c2cccc(CS(=O)(=O)c3c(F)cccc3F)c2)n1. The highest BCUT2D eigenvalue weighted by molar-refractivity contribution is 7.91. The van der Waals surface area contributed by atoms with Gasteiger partial charge in [-0.05, 0) is 61.2 Å². The Morgan fingerprint density at radius 3 is 2.35 bits per heavy atom. The molecule has 54 heavy (non-hydrogen) atoms. The van der Waals surface area contributed by atoms with E-state index in [1.54, 1.807) is 37.6 Å². The fourth-order valence-corrected chi connectivity index (χ4v) is 9.86. The molecule has 0 atom stereocenters. The third-order valence-corrected chi connectivity index (χ3v) is 13.4. The van der Waals surface area contributed by atoms with Gasteiger partial charge in [-0.15, -0.1) is 11.3 Å². The van der Waals surface area contributed by atoms with Gasteiger partial charge in [-0.1, -0.05) is 24.3 Å². The fourth-order valence-electron chi connectivity index (χ4n) is 6.55. The number of nitrogens with one attached hydrogen (secondary N) is 1. The number of aryl methyl sites for hydroxylation is 1. The molecule has 3 heterocycles. The number of hydrogen-bond donors (Lipinski definition) is 1. The van der Waals surface area contributed by atoms with E-state index < -0.39 is 42.0 Å². The summed E-state index contributed by atoms with van der Waals surface area (Å²) in [6, 6.07) is 15.6. The number of piperazine rings is 1. The Balaban J connectivity index is 1.13. The van der Waals surface area contributed by atoms with E-state index in [4.69, 9.17) is 14.7 Å². The summed E-state index contributed by atoms with van der Waals surface area (Å²) in [6.07, 6.45) is 4.99. The molecule has 284 valence electrons. The molecule has 7 rings (SSSR count). The van der Waals surface area contributed by atoms with Gasteiger partial charge < -0.3 is 15.0 Å². The highest BCUT2D eigenvalue weighted by atomic mass is 32.2. The Morgan fingerprint density at radius 2 is 1.67 bits per heavy atom. The van der Waals surface area contributed by atoms with Gasteiger partial charge in [0.1, 0.15) is 32.1 Å². The van der Waals surface area contributed by atoms with Crippen molar-refractivity contribution in [1.29, 1.82) is 0 Å². The quantitative estimate of drug-likeness (QED) is 0.138. The van der Waals surface area contributed by atoms with Gasteiger partial charge in [0.05, 0.1) is 45.6 Å². The number of methoxy groups -OCH3 is 1. The summed E-state index contributed by atoms with van der Waals surface area (Å²) >= 11 is 1.53. The lowest BCUT2D eigenvalue weighted by atomic mass is 10.1. The van der Waals surface area contributed by atoms with Crippen LogP contribution in [-0.4, -0.2) is 88.5 Å². The Bertz CT molecular complexity index is 2390. The largest absolute Gasteiger partial charge is 0.494 e. The standard InChI is InChI=1S/C38H40F2N6O5S3/c1-24-20-31(33(51-2)22-32(24)46-16-14-45(15-17-46)18-19-53(3,47)48)43-38-41-13-12-30(42-38)35-34(44-37(52-35)26-10-11-26)27-7-4-6-25(21-27)23-54(49,50)36-28(39)8-5-9-29(36)40/h4-9,12-13,20-22,26H,10-11,14-19,23H2,1-3H3,(H,41,42,43). The molecule has 1 aliphatic carbocycles. The first-order chi connectivity index (χ1) is 25.8. The van der Waals surface area contributed by atoms with Crippen molar-refractivity contribution in [1.82, 2.24) is 19.9 Å². The van der Waals surface area contributed by atoms with E-state index in [1.807, 2.05) is 25.1 Å². The summed E-state index contributed by atoms with van der Waals surface area (Å²) in [5.74, 6) is -1.39. The molecule has 1 saturated heterocycles. The number of sulfone groups is 2. The van der Waals surface area contributed by atoms with E-state index in [0.29, 0.717) is 52.4 Å². The number of benzene rings is 3. The lowest BCUT2D eigenvalue weighted by Crippen LogP contribution is -2.47. The zero-order chi connectivity index (χ0) is 38.2. The van der Waals surface area contributed by atoms with Crippen LogP contribution >= 0.6 is 11.3 Å². The molecule has 1 aliphatic heterocycles. The first kappa shape index (κ1) is 37.8. The van der Waals surface area contributed by atoms with Crippen molar-refractivity contribution in [2.24, 2.45) is 0 Å². The van der Waals surface area contributed by atoms with Crippen LogP contribution in [0.5, 0.6) is 5.75 Å². The van der Waals surface area contributed by atoms with E-state index in [9.17, 15) is 25.6 Å². The van der Waals surface area contributed by atoms with Crippen molar-refractivity contribution < 1.29 is 30.4 Å². The maximum absolute atomic E-state index is 14.4. The number of aromatic nitrogens is 3. The van der Waals surface area contributed by atoms with Crippen molar-refractivity contribution in [3.05, 3.63) is 94.6 Å². The van der Waals surface area contributed by atoms with E-state index in [0.717, 1.165) is 78.4 Å². The fraction of sp³-hybridized carbons (Fsp3) is 0.342. The lowest BCUT2D eigenvalue weighted by Gasteiger charge is -2.37. The molecule has 2 aromatic heterocycles. The summed E-state index contributed by atoms with van der Waals surface area (Å²) < 4.78 is 84.2. The molecule has 0 bridgehead atoms. The van der Waals surface area contributed by atoms with Gasteiger partial charge in [-0.3, -0.25) is 4.90 Å². The molecule has 3 aromatic carbocycles. The minimum absolute atomic E-state index is 0.150. The summed E-state index contributed by atoms with van der Waals surface area (Å²) in [5, 5.41) is 4.29. The zero-order valence-corrected chi connectivity index (χ0v) is 32.5. The number of thiazole rings is 1. The van der Waals surface area contributed by atoms with Crippen LogP contribution in [-0.2, 0) is 25.4 Å². The molecule has 2 aliphatic rings. The van der Waals surface area contributed by atoms with Crippen LogP contribution in [0.25, 0.3) is 21.8 Å². The van der Waals surface area contributed by atoms with Crippen molar-refractivity contribution in [3.63, 3.8) is 0 Å². The topological polar surface area (TPSA) is 135 Å². The van der Waals surface area contributed by atoms with E-state index in [-0.39, 0.29) is 5.75 Å². The molecule has 0 radical (unpaired) electrons. The molecular formula is C38H40F2N6O5S3. The van der Waals surface area contributed by atoms with E-state index >= 15 is 0 Å². The van der Waals surface area contributed by atoms with Crippen LogP contribution in [0.3, 0.4) is 0 Å². The smallest absolute Gasteiger partial charge is 0.227 e. The van der Waals surface area contributed by atoms with Crippen LogP contribution < -0.4 is 15.0 Å². The monoisotopic (exact) mass is 794 g/mol. The predicted molar refractivity (Wildman–Crippen MR) is 207 cm³/mol. The molecule has 0 spiro atoms. The molecule has 16 heteroatoms. The molecule has 1 saturated carbocycles. The second-order valence-electron chi connectivity index (χ2n) is 13.7. The first-order valence-electron chi connectivity index (χ1n) is 17.5. The van der Waals surface area contributed by atoms with Crippen LogP contribution in [0.1, 0.15) is 34.9 Å². The Hall–Kier alpha value is -4.51. The molecule has 11 nitrogen and oxygen atoms in total. The number of nitrogens with zero attached hydrogens (tertiary/aromatic N) is 5. The van der Waals surface area contributed by atoms with Gasteiger partial charge in [0.2, 0.25) is 5.95 Å². The number of halogens is 2. The van der Waals surface area contributed by atoms with E-state index in [1.165, 1.54) is 17.6 Å². The second kappa shape index (κ2) is 15.3. The molecule has 0 amide bonds. The first-order valence-corrected chi connectivity index (χ1v) is 22.0. The number of anilines is 3. The maximum atomic E-state index is 14.4. The second-order valence-corrected chi connectivity index (χ2v) is 18.9. The molecular weight excluding hydrogens is 755 g/mol. The van der Waals surface area contributed by atoms with Gasteiger partial charge in [0, 0.05) is 68.4 Å². The van der Waals surface area contributed by atoms with Gasteiger partial charge >= 0.3 is 0 Å². The van der Waals surface area contributed by atoms with Crippen LogP contribution in [0.2, 0.25) is 0 Å². The molecule has 2 fully saturated rings. The van der Waals surface area contributed by atoms with Crippen molar-refractivity contribution in [2.75, 3.05) is 62.1 Å². The number of hydrogen-bond acceptors (Lipinski definition) is 12. The van der Waals surface area contributed by atoms with Crippen LogP contribution in [0, 0.1) is 18.6 Å². The summed E-state index contributed by atoms with van der Waals surface area (Å²) in [7, 11) is -5.74. The number of ether oxygens (including phenoxy) is 1.